The van der Waals surface area contributed by atoms with Gasteiger partial charge < -0.3 is 5.11 Å². The van der Waals surface area contributed by atoms with Crippen LogP contribution in [0.5, 0.6) is 0 Å². The van der Waals surface area contributed by atoms with Crippen LogP contribution in [-0.2, 0) is 0 Å². The first-order chi connectivity index (χ1) is 9.08. The second-order valence-electron chi connectivity index (χ2n) is 3.81. The average Bonchev–Trinajstić information content (AvgIpc) is 2.39. The number of aliphatic hydroxyl groups is 1. The predicted octanol–water partition coefficient (Wildman–Crippen LogP) is 2.59. The van der Waals surface area contributed by atoms with Crippen molar-refractivity contribution in [1.82, 2.24) is 9.97 Å². The van der Waals surface area contributed by atoms with Crippen LogP contribution in [0.15, 0.2) is 46.7 Å². The number of aliphatic hydroxyl groups excluding tert-OH is 1. The van der Waals surface area contributed by atoms with Crippen LogP contribution >= 0.6 is 11.8 Å². The summed E-state index contributed by atoms with van der Waals surface area (Å²) < 4.78 is 0. The summed E-state index contributed by atoms with van der Waals surface area (Å²) in [7, 11) is 0. The Morgan fingerprint density at radius 1 is 1.42 bits per heavy atom. The van der Waals surface area contributed by atoms with Gasteiger partial charge in [0.1, 0.15) is 5.03 Å². The number of nitro groups is 1. The monoisotopic (exact) mass is 277 g/mol. The van der Waals surface area contributed by atoms with Crippen LogP contribution in [-0.4, -0.2) is 20.0 Å². The molecular weight excluding hydrogens is 266 g/mol. The van der Waals surface area contributed by atoms with Crippen LogP contribution in [0.25, 0.3) is 0 Å². The van der Waals surface area contributed by atoms with Crippen molar-refractivity contribution >= 4 is 17.4 Å². The van der Waals surface area contributed by atoms with E-state index in [9.17, 15) is 15.2 Å². The van der Waals surface area contributed by atoms with Crippen molar-refractivity contribution in [2.45, 2.75) is 22.9 Å². The molecule has 7 heteroatoms. The van der Waals surface area contributed by atoms with Gasteiger partial charge in [-0.3, -0.25) is 15.1 Å². The van der Waals surface area contributed by atoms with E-state index in [-0.39, 0.29) is 5.69 Å². The Labute approximate surface area is 113 Å². The summed E-state index contributed by atoms with van der Waals surface area (Å²) in [5.41, 5.74) is 0.462. The first kappa shape index (κ1) is 13.4. The molecule has 0 spiro atoms. The number of hydrogen-bond donors (Lipinski definition) is 1. The van der Waals surface area contributed by atoms with E-state index in [1.807, 2.05) is 0 Å². The summed E-state index contributed by atoms with van der Waals surface area (Å²) in [4.78, 5) is 19.0. The molecule has 2 rings (SSSR count). The molecule has 0 saturated heterocycles. The van der Waals surface area contributed by atoms with Crippen molar-refractivity contribution in [3.63, 3.8) is 0 Å². The Bertz CT molecular complexity index is 590. The van der Waals surface area contributed by atoms with Gasteiger partial charge in [-0.2, -0.15) is 0 Å². The van der Waals surface area contributed by atoms with Gasteiger partial charge in [-0.05, 0) is 18.6 Å². The highest BCUT2D eigenvalue weighted by Crippen LogP contribution is 2.35. The van der Waals surface area contributed by atoms with Crippen LogP contribution in [0.2, 0.25) is 0 Å². The molecule has 0 bridgehead atoms. The van der Waals surface area contributed by atoms with Crippen molar-refractivity contribution in [3.05, 3.63) is 52.5 Å². The minimum Gasteiger partial charge on any atom is -0.389 e. The molecule has 2 aromatic rings. The highest BCUT2D eigenvalue weighted by Gasteiger charge is 2.17. The summed E-state index contributed by atoms with van der Waals surface area (Å²) in [5, 5.41) is 21.1. The topological polar surface area (TPSA) is 89.2 Å². The van der Waals surface area contributed by atoms with Crippen molar-refractivity contribution in [1.29, 1.82) is 0 Å². The fraction of sp³-hybridized carbons (Fsp3) is 0.167. The molecule has 0 radical (unpaired) electrons. The van der Waals surface area contributed by atoms with Gasteiger partial charge in [-0.1, -0.05) is 17.8 Å². The molecule has 98 valence electrons. The Kier molecular flexibility index (Phi) is 4.08. The minimum absolute atomic E-state index is 0.0472. The highest BCUT2D eigenvalue weighted by molar-refractivity contribution is 7.99. The van der Waals surface area contributed by atoms with Crippen LogP contribution in [0.1, 0.15) is 18.6 Å². The number of hydrogen-bond acceptors (Lipinski definition) is 6. The zero-order valence-corrected chi connectivity index (χ0v) is 10.9. The smallest absolute Gasteiger partial charge is 0.283 e. The van der Waals surface area contributed by atoms with Gasteiger partial charge in [0.15, 0.2) is 0 Å². The van der Waals surface area contributed by atoms with E-state index < -0.39 is 11.0 Å². The fourth-order valence-electron chi connectivity index (χ4n) is 1.47. The van der Waals surface area contributed by atoms with E-state index in [2.05, 4.69) is 9.97 Å². The molecule has 1 heterocycles. The molecule has 0 saturated carbocycles. The van der Waals surface area contributed by atoms with Crippen LogP contribution < -0.4 is 0 Å². The van der Waals surface area contributed by atoms with Crippen molar-refractivity contribution in [2.24, 2.45) is 0 Å². The number of nitro benzene ring substituents is 1. The van der Waals surface area contributed by atoms with E-state index >= 15 is 0 Å². The molecule has 0 fully saturated rings. The van der Waals surface area contributed by atoms with Gasteiger partial charge in [-0.25, -0.2) is 4.98 Å². The van der Waals surface area contributed by atoms with Crippen LogP contribution in [0.4, 0.5) is 5.69 Å². The molecule has 0 aliphatic heterocycles. The molecule has 0 aliphatic rings. The maximum Gasteiger partial charge on any atom is 0.283 e. The fourth-order valence-corrected chi connectivity index (χ4v) is 2.30. The lowest BCUT2D eigenvalue weighted by Crippen LogP contribution is -1.96. The summed E-state index contributed by atoms with van der Waals surface area (Å²) in [6, 6.07) is 4.65. The Morgan fingerprint density at radius 3 is 2.79 bits per heavy atom. The van der Waals surface area contributed by atoms with Gasteiger partial charge in [0, 0.05) is 18.5 Å². The average molecular weight is 277 g/mol. The van der Waals surface area contributed by atoms with Crippen molar-refractivity contribution < 1.29 is 10.0 Å². The van der Waals surface area contributed by atoms with Crippen LogP contribution in [0, 0.1) is 10.1 Å². The summed E-state index contributed by atoms with van der Waals surface area (Å²) in [6.07, 6.45) is 3.86. The Hall–Kier alpha value is -1.99. The van der Waals surface area contributed by atoms with Crippen molar-refractivity contribution in [3.8, 4) is 0 Å². The second-order valence-corrected chi connectivity index (χ2v) is 4.87. The zero-order valence-electron chi connectivity index (χ0n) is 10.1. The molecule has 1 aromatic heterocycles. The molecule has 6 nitrogen and oxygen atoms in total. The molecular formula is C12H11N3O3S. The third-order valence-electron chi connectivity index (χ3n) is 2.42. The molecule has 0 unspecified atom stereocenters. The first-order valence-electron chi connectivity index (χ1n) is 5.48. The standard InChI is InChI=1S/C12H11N3O3S/c1-8(16)9-2-3-11(10(6-9)15(17)18)19-12-7-13-4-5-14-12/h2-8,16H,1H3/t8-/m0/s1. The van der Waals surface area contributed by atoms with Gasteiger partial charge in [-0.15, -0.1) is 0 Å². The van der Waals surface area contributed by atoms with Gasteiger partial charge in [0.05, 0.1) is 22.1 Å². The van der Waals surface area contributed by atoms with Gasteiger partial charge in [0.2, 0.25) is 0 Å². The maximum atomic E-state index is 11.1. The second kappa shape index (κ2) is 5.77. The minimum atomic E-state index is -0.741. The van der Waals surface area contributed by atoms with Crippen molar-refractivity contribution in [2.75, 3.05) is 0 Å². The Balaban J connectivity index is 2.37. The first-order valence-corrected chi connectivity index (χ1v) is 6.30. The lowest BCUT2D eigenvalue weighted by Gasteiger charge is -2.07. The quantitative estimate of drug-likeness (QED) is 0.682. The molecule has 1 N–H and O–H groups in total. The van der Waals surface area contributed by atoms with E-state index in [1.54, 1.807) is 19.1 Å². The summed E-state index contributed by atoms with van der Waals surface area (Å²) >= 11 is 1.17. The third kappa shape index (κ3) is 3.27. The molecule has 0 aliphatic carbocycles. The third-order valence-corrected chi connectivity index (χ3v) is 3.40. The number of nitrogens with zero attached hydrogens (tertiary/aromatic N) is 3. The predicted molar refractivity (Wildman–Crippen MR) is 69.9 cm³/mol. The molecule has 1 aromatic carbocycles. The molecule has 0 amide bonds. The Morgan fingerprint density at radius 2 is 2.21 bits per heavy atom. The number of rotatable bonds is 4. The maximum absolute atomic E-state index is 11.1. The lowest BCUT2D eigenvalue weighted by molar-refractivity contribution is -0.387. The normalized spacial score (nSPS) is 12.1. The lowest BCUT2D eigenvalue weighted by atomic mass is 10.1. The largest absolute Gasteiger partial charge is 0.389 e. The van der Waals surface area contributed by atoms with E-state index in [0.29, 0.717) is 15.5 Å². The molecule has 1 atom stereocenters. The molecule has 19 heavy (non-hydrogen) atoms. The summed E-state index contributed by atoms with van der Waals surface area (Å²) in [5.74, 6) is 0. The zero-order chi connectivity index (χ0) is 13.8. The SMILES string of the molecule is C[C@H](O)c1ccc(Sc2cnccn2)c([N+](=O)[O-])c1. The highest BCUT2D eigenvalue weighted by atomic mass is 32.2. The van der Waals surface area contributed by atoms with E-state index in [1.165, 1.54) is 36.4 Å². The van der Waals surface area contributed by atoms with Crippen LogP contribution in [0.3, 0.4) is 0 Å². The van der Waals surface area contributed by atoms with Gasteiger partial charge in [0.25, 0.3) is 5.69 Å². The number of aromatic nitrogens is 2. The number of benzene rings is 1. The van der Waals surface area contributed by atoms with E-state index in [0.717, 1.165) is 0 Å². The summed E-state index contributed by atoms with van der Waals surface area (Å²) in [6.45, 7) is 1.56. The van der Waals surface area contributed by atoms with Gasteiger partial charge >= 0.3 is 0 Å². The van der Waals surface area contributed by atoms with E-state index in [4.69, 9.17) is 0 Å².